The number of aryl methyl sites for hydroxylation is 1. The van der Waals surface area contributed by atoms with Crippen LogP contribution in [0.15, 0.2) is 41.2 Å². The number of imidazole rings is 1. The van der Waals surface area contributed by atoms with Gasteiger partial charge < -0.3 is 9.09 Å². The van der Waals surface area contributed by atoms with Crippen LogP contribution >= 0.6 is 0 Å². The first-order chi connectivity index (χ1) is 12.9. The molecule has 0 amide bonds. The van der Waals surface area contributed by atoms with Crippen molar-refractivity contribution in [2.45, 2.75) is 25.1 Å². The Morgan fingerprint density at radius 3 is 2.89 bits per heavy atom. The summed E-state index contributed by atoms with van der Waals surface area (Å²) in [6.07, 6.45) is 0.298. The highest BCUT2D eigenvalue weighted by Gasteiger charge is 2.31. The van der Waals surface area contributed by atoms with Crippen LogP contribution in [-0.4, -0.2) is 37.7 Å². The number of hydrogen-bond donors (Lipinski definition) is 0. The van der Waals surface area contributed by atoms with Crippen molar-refractivity contribution in [3.8, 4) is 11.4 Å². The molecule has 1 unspecified atom stereocenters. The minimum Gasteiger partial charge on any atom is -0.338 e. The molecule has 4 rings (SSSR count). The van der Waals surface area contributed by atoms with E-state index in [1.165, 1.54) is 12.1 Å². The summed E-state index contributed by atoms with van der Waals surface area (Å²) in [6.45, 7) is 2.16. The van der Waals surface area contributed by atoms with Crippen molar-refractivity contribution in [2.24, 2.45) is 7.05 Å². The Bertz CT molecular complexity index is 933. The van der Waals surface area contributed by atoms with Crippen molar-refractivity contribution < 1.29 is 17.7 Å². The predicted octanol–water partition coefficient (Wildman–Crippen LogP) is 3.48. The van der Waals surface area contributed by atoms with Gasteiger partial charge in [0.15, 0.2) is 0 Å². The molecule has 0 N–H and O–H groups in total. The minimum absolute atomic E-state index is 0.163. The first-order valence-electron chi connectivity index (χ1n) is 8.60. The summed E-state index contributed by atoms with van der Waals surface area (Å²) < 4.78 is 45.9. The minimum atomic E-state index is -4.40. The Labute approximate surface area is 153 Å². The number of hydrogen-bond acceptors (Lipinski definition) is 5. The number of benzene rings is 1. The highest BCUT2D eigenvalue weighted by molar-refractivity contribution is 5.55. The highest BCUT2D eigenvalue weighted by atomic mass is 19.4. The van der Waals surface area contributed by atoms with E-state index in [2.05, 4.69) is 20.0 Å². The molecule has 142 valence electrons. The van der Waals surface area contributed by atoms with E-state index >= 15 is 0 Å². The molecule has 0 bridgehead atoms. The lowest BCUT2D eigenvalue weighted by atomic mass is 10.1. The maximum absolute atomic E-state index is 12.9. The SMILES string of the molecule is Cn1ccnc1C1CCN(Cc2nc(-c3cccc(C(F)(F)F)c3)no2)C1. The fraction of sp³-hybridized carbons (Fsp3) is 0.389. The Morgan fingerprint density at radius 1 is 1.30 bits per heavy atom. The molecule has 27 heavy (non-hydrogen) atoms. The molecule has 1 aliphatic heterocycles. The van der Waals surface area contributed by atoms with Gasteiger partial charge in [0.2, 0.25) is 11.7 Å². The van der Waals surface area contributed by atoms with Crippen LogP contribution in [0.4, 0.5) is 13.2 Å². The molecule has 1 aromatic carbocycles. The van der Waals surface area contributed by atoms with E-state index in [-0.39, 0.29) is 11.4 Å². The first kappa shape index (κ1) is 17.7. The average Bonchev–Trinajstić information content (AvgIpc) is 3.36. The second kappa shape index (κ2) is 6.80. The smallest absolute Gasteiger partial charge is 0.338 e. The lowest BCUT2D eigenvalue weighted by Gasteiger charge is -2.13. The maximum Gasteiger partial charge on any atom is 0.416 e. The number of aromatic nitrogens is 4. The number of alkyl halides is 3. The van der Waals surface area contributed by atoms with Gasteiger partial charge in [-0.25, -0.2) is 4.98 Å². The van der Waals surface area contributed by atoms with Crippen LogP contribution in [0, 0.1) is 0 Å². The van der Waals surface area contributed by atoms with Crippen LogP contribution < -0.4 is 0 Å². The lowest BCUT2D eigenvalue weighted by Crippen LogP contribution is -2.20. The van der Waals surface area contributed by atoms with Crippen LogP contribution in [-0.2, 0) is 19.8 Å². The molecule has 0 radical (unpaired) electrons. The predicted molar refractivity (Wildman–Crippen MR) is 90.6 cm³/mol. The topological polar surface area (TPSA) is 60.0 Å². The van der Waals surface area contributed by atoms with E-state index in [0.717, 1.165) is 37.5 Å². The number of rotatable bonds is 4. The van der Waals surface area contributed by atoms with Crippen molar-refractivity contribution in [1.82, 2.24) is 24.6 Å². The summed E-state index contributed by atoms with van der Waals surface area (Å²) in [5.41, 5.74) is -0.448. The summed E-state index contributed by atoms with van der Waals surface area (Å²) in [5.74, 6) is 1.95. The van der Waals surface area contributed by atoms with Crippen LogP contribution in [0.1, 0.15) is 29.6 Å². The zero-order valence-corrected chi connectivity index (χ0v) is 14.6. The van der Waals surface area contributed by atoms with Crippen molar-refractivity contribution in [3.05, 3.63) is 53.9 Å². The molecule has 0 saturated carbocycles. The van der Waals surface area contributed by atoms with E-state index in [1.54, 1.807) is 6.20 Å². The van der Waals surface area contributed by atoms with Crippen molar-refractivity contribution >= 4 is 0 Å². The van der Waals surface area contributed by atoms with Gasteiger partial charge in [0.1, 0.15) is 5.82 Å². The lowest BCUT2D eigenvalue weighted by molar-refractivity contribution is -0.137. The zero-order valence-electron chi connectivity index (χ0n) is 14.6. The quantitative estimate of drug-likeness (QED) is 0.697. The third-order valence-electron chi connectivity index (χ3n) is 4.77. The molecular formula is C18H18F3N5O. The monoisotopic (exact) mass is 377 g/mol. The van der Waals surface area contributed by atoms with Gasteiger partial charge >= 0.3 is 6.18 Å². The van der Waals surface area contributed by atoms with E-state index in [4.69, 9.17) is 4.52 Å². The van der Waals surface area contributed by atoms with Gasteiger partial charge in [0, 0.05) is 37.5 Å². The number of likely N-dealkylation sites (tertiary alicyclic amines) is 1. The molecule has 6 nitrogen and oxygen atoms in total. The zero-order chi connectivity index (χ0) is 19.0. The first-order valence-corrected chi connectivity index (χ1v) is 8.60. The largest absolute Gasteiger partial charge is 0.416 e. The molecule has 1 saturated heterocycles. The molecule has 9 heteroatoms. The van der Waals surface area contributed by atoms with Gasteiger partial charge in [-0.2, -0.15) is 18.2 Å². The van der Waals surface area contributed by atoms with Crippen molar-refractivity contribution in [2.75, 3.05) is 13.1 Å². The summed E-state index contributed by atoms with van der Waals surface area (Å²) in [5, 5.41) is 3.84. The van der Waals surface area contributed by atoms with Gasteiger partial charge in [-0.3, -0.25) is 4.90 Å². The van der Waals surface area contributed by atoms with Crippen molar-refractivity contribution in [1.29, 1.82) is 0 Å². The average molecular weight is 377 g/mol. The molecule has 0 spiro atoms. The summed E-state index contributed by atoms with van der Waals surface area (Å²) in [4.78, 5) is 10.9. The third kappa shape index (κ3) is 3.73. The Kier molecular flexibility index (Phi) is 4.47. The fourth-order valence-corrected chi connectivity index (χ4v) is 3.42. The van der Waals surface area contributed by atoms with Gasteiger partial charge in [-0.1, -0.05) is 17.3 Å². The fourth-order valence-electron chi connectivity index (χ4n) is 3.42. The van der Waals surface area contributed by atoms with Gasteiger partial charge in [0.05, 0.1) is 12.1 Å². The van der Waals surface area contributed by atoms with Crippen LogP contribution in [0.2, 0.25) is 0 Å². The molecule has 3 heterocycles. The molecular weight excluding hydrogens is 359 g/mol. The van der Waals surface area contributed by atoms with E-state index in [0.29, 0.717) is 18.4 Å². The second-order valence-corrected chi connectivity index (χ2v) is 6.71. The van der Waals surface area contributed by atoms with E-state index in [1.807, 2.05) is 17.8 Å². The molecule has 3 aromatic rings. The molecule has 1 fully saturated rings. The Morgan fingerprint density at radius 2 is 2.15 bits per heavy atom. The number of halogens is 3. The van der Waals surface area contributed by atoms with Crippen LogP contribution in [0.3, 0.4) is 0 Å². The molecule has 1 atom stereocenters. The Hall–Kier alpha value is -2.68. The standard InChI is InChI=1S/C18H18F3N5O/c1-25-8-6-22-17(25)13-5-7-26(10-13)11-15-23-16(24-27-15)12-3-2-4-14(9-12)18(19,20)21/h2-4,6,8-9,13H,5,7,10-11H2,1H3. The van der Waals surface area contributed by atoms with E-state index in [9.17, 15) is 13.2 Å². The van der Waals surface area contributed by atoms with Crippen molar-refractivity contribution in [3.63, 3.8) is 0 Å². The number of nitrogens with zero attached hydrogens (tertiary/aromatic N) is 5. The van der Waals surface area contributed by atoms with Gasteiger partial charge in [-0.05, 0) is 25.1 Å². The maximum atomic E-state index is 12.9. The summed E-state index contributed by atoms with van der Waals surface area (Å²) >= 11 is 0. The normalized spacial score (nSPS) is 18.3. The second-order valence-electron chi connectivity index (χ2n) is 6.71. The summed E-state index contributed by atoms with van der Waals surface area (Å²) in [7, 11) is 1.98. The molecule has 0 aliphatic carbocycles. The Balaban J connectivity index is 1.44. The molecule has 1 aliphatic rings. The van der Waals surface area contributed by atoms with Crippen LogP contribution in [0.25, 0.3) is 11.4 Å². The van der Waals surface area contributed by atoms with Crippen LogP contribution in [0.5, 0.6) is 0 Å². The van der Waals surface area contributed by atoms with Gasteiger partial charge in [0.25, 0.3) is 0 Å². The summed E-state index contributed by atoms with van der Waals surface area (Å²) in [6, 6.07) is 4.93. The third-order valence-corrected chi connectivity index (χ3v) is 4.77. The van der Waals surface area contributed by atoms with Gasteiger partial charge in [-0.15, -0.1) is 0 Å². The van der Waals surface area contributed by atoms with E-state index < -0.39 is 11.7 Å². The highest BCUT2D eigenvalue weighted by Crippen LogP contribution is 2.32. The molecule has 2 aromatic heterocycles.